The van der Waals surface area contributed by atoms with Crippen molar-refractivity contribution in [1.29, 1.82) is 5.26 Å². The molecule has 3 aromatic rings. The maximum atomic E-state index is 11.7. The Hall–Kier alpha value is -3.07. The number of benzene rings is 1. The molecule has 0 saturated carbocycles. The summed E-state index contributed by atoms with van der Waals surface area (Å²) in [5, 5.41) is 9.12. The summed E-state index contributed by atoms with van der Waals surface area (Å²) in [5.41, 5.74) is 7.67. The molecule has 0 fully saturated rings. The lowest BCUT2D eigenvalue weighted by molar-refractivity contribution is 0.561. The van der Waals surface area contributed by atoms with Crippen LogP contribution in [0.1, 0.15) is 11.5 Å². The van der Waals surface area contributed by atoms with Gasteiger partial charge in [-0.2, -0.15) is 5.26 Å². The molecule has 3 rings (SSSR count). The Morgan fingerprint density at radius 2 is 2.20 bits per heavy atom. The van der Waals surface area contributed by atoms with E-state index in [0.717, 1.165) is 0 Å². The van der Waals surface area contributed by atoms with Gasteiger partial charge >= 0.3 is 0 Å². The normalized spacial score (nSPS) is 10.6. The summed E-state index contributed by atoms with van der Waals surface area (Å²) < 4.78 is 5.39. The number of aryl methyl sites for hydroxylation is 1. The van der Waals surface area contributed by atoms with Crippen LogP contribution < -0.4 is 11.3 Å². The van der Waals surface area contributed by atoms with Gasteiger partial charge in [0, 0.05) is 12.5 Å². The molecule has 98 valence electrons. The van der Waals surface area contributed by atoms with E-state index in [2.05, 4.69) is 9.97 Å². The molecular weight excluding hydrogens is 256 g/mol. The Bertz CT molecular complexity index is 915. The van der Waals surface area contributed by atoms with Crippen molar-refractivity contribution >= 4 is 16.9 Å². The topological polar surface area (TPSA) is 109 Å². The van der Waals surface area contributed by atoms with Gasteiger partial charge in [0.05, 0.1) is 0 Å². The summed E-state index contributed by atoms with van der Waals surface area (Å²) in [7, 11) is 0. The van der Waals surface area contributed by atoms with Crippen molar-refractivity contribution < 1.29 is 4.42 Å². The number of nitrogen functional groups attached to an aromatic ring is 1. The summed E-state index contributed by atoms with van der Waals surface area (Å²) in [6.07, 6.45) is 0. The molecule has 0 radical (unpaired) electrons. The zero-order valence-corrected chi connectivity index (χ0v) is 10.6. The summed E-state index contributed by atoms with van der Waals surface area (Å²) in [5.74, 6) is 0.767. The Balaban J connectivity index is 2.30. The highest BCUT2D eigenvalue weighted by Gasteiger charge is 2.12. The molecule has 20 heavy (non-hydrogen) atoms. The van der Waals surface area contributed by atoms with Crippen molar-refractivity contribution in [2.45, 2.75) is 6.92 Å². The maximum Gasteiger partial charge on any atom is 0.268 e. The second-order valence-electron chi connectivity index (χ2n) is 4.37. The molecular formula is C14H10N4O2. The number of aromatic nitrogens is 2. The largest absolute Gasteiger partial charge is 0.441 e. The van der Waals surface area contributed by atoms with Gasteiger partial charge < -0.3 is 15.1 Å². The number of aromatic amines is 1. The van der Waals surface area contributed by atoms with E-state index in [1.54, 1.807) is 31.2 Å². The highest BCUT2D eigenvalue weighted by Crippen LogP contribution is 2.26. The van der Waals surface area contributed by atoms with Crippen molar-refractivity contribution in [2.24, 2.45) is 0 Å². The second kappa shape index (κ2) is 4.24. The van der Waals surface area contributed by atoms with Crippen molar-refractivity contribution in [2.75, 3.05) is 5.73 Å². The number of pyridine rings is 1. The molecule has 0 spiro atoms. The number of fused-ring (bicyclic) bond motifs is 1. The van der Waals surface area contributed by atoms with Crippen LogP contribution in [-0.4, -0.2) is 9.97 Å². The average Bonchev–Trinajstić information content (AvgIpc) is 2.76. The lowest BCUT2D eigenvalue weighted by Gasteiger charge is -2.04. The first-order valence-corrected chi connectivity index (χ1v) is 5.89. The maximum absolute atomic E-state index is 11.7. The van der Waals surface area contributed by atoms with Crippen LogP contribution in [0.4, 0.5) is 5.82 Å². The fraction of sp³-hybridized carbons (Fsp3) is 0.0714. The van der Waals surface area contributed by atoms with Crippen LogP contribution in [0.15, 0.2) is 33.5 Å². The Morgan fingerprint density at radius 3 is 2.95 bits per heavy atom. The van der Waals surface area contributed by atoms with E-state index in [9.17, 15) is 4.79 Å². The molecule has 3 N–H and O–H groups in total. The van der Waals surface area contributed by atoms with Gasteiger partial charge in [0.25, 0.3) is 5.56 Å². The second-order valence-corrected chi connectivity index (χ2v) is 4.37. The molecule has 0 aliphatic heterocycles. The number of H-pyrrole nitrogens is 1. The fourth-order valence-electron chi connectivity index (χ4n) is 2.13. The molecule has 0 amide bonds. The first-order valence-electron chi connectivity index (χ1n) is 5.89. The standard InChI is InChI=1S/C14H10N4O2/c1-7-17-11-4-8(2-3-12(11)20-7)9-5-13(16)18-14(19)10(9)6-15/h2-5H,1H3,(H3,16,18,19). The lowest BCUT2D eigenvalue weighted by atomic mass is 10.0. The lowest BCUT2D eigenvalue weighted by Crippen LogP contribution is -2.13. The number of hydrogen-bond donors (Lipinski definition) is 2. The van der Waals surface area contributed by atoms with Crippen LogP contribution in [0.3, 0.4) is 0 Å². The predicted octanol–water partition coefficient (Wildman–Crippen LogP) is 1.95. The molecule has 0 saturated heterocycles. The van der Waals surface area contributed by atoms with E-state index in [4.69, 9.17) is 15.4 Å². The number of nitrogens with zero attached hydrogens (tertiary/aromatic N) is 2. The zero-order chi connectivity index (χ0) is 14.3. The number of hydrogen-bond acceptors (Lipinski definition) is 5. The highest BCUT2D eigenvalue weighted by molar-refractivity contribution is 5.82. The van der Waals surface area contributed by atoms with Gasteiger partial charge in [-0.05, 0) is 23.8 Å². The van der Waals surface area contributed by atoms with Crippen molar-refractivity contribution in [3.8, 4) is 17.2 Å². The van der Waals surface area contributed by atoms with Crippen LogP contribution in [-0.2, 0) is 0 Å². The number of rotatable bonds is 1. The van der Waals surface area contributed by atoms with Gasteiger partial charge in [-0.25, -0.2) is 4.98 Å². The van der Waals surface area contributed by atoms with Gasteiger partial charge in [0.15, 0.2) is 11.5 Å². The SMILES string of the molecule is Cc1nc2cc(-c3cc(N)[nH]c(=O)c3C#N)ccc2o1. The first kappa shape index (κ1) is 12.0. The third-order valence-corrected chi connectivity index (χ3v) is 2.97. The molecule has 1 aromatic carbocycles. The fourth-order valence-corrected chi connectivity index (χ4v) is 2.13. The summed E-state index contributed by atoms with van der Waals surface area (Å²) >= 11 is 0. The number of oxazole rings is 1. The van der Waals surface area contributed by atoms with Gasteiger partial charge in [-0.3, -0.25) is 4.79 Å². The Labute approximate surface area is 113 Å². The summed E-state index contributed by atoms with van der Waals surface area (Å²) in [4.78, 5) is 18.4. The van der Waals surface area contributed by atoms with E-state index in [-0.39, 0.29) is 11.4 Å². The number of nitrogens with one attached hydrogen (secondary N) is 1. The number of anilines is 1. The average molecular weight is 266 g/mol. The van der Waals surface area contributed by atoms with Gasteiger partial charge in [-0.15, -0.1) is 0 Å². The molecule has 0 unspecified atom stereocenters. The first-order chi connectivity index (χ1) is 9.58. The predicted molar refractivity (Wildman–Crippen MR) is 73.9 cm³/mol. The van der Waals surface area contributed by atoms with Gasteiger partial charge in [-0.1, -0.05) is 6.07 Å². The Kier molecular flexibility index (Phi) is 2.54. The summed E-state index contributed by atoms with van der Waals surface area (Å²) in [6, 6.07) is 8.75. The van der Waals surface area contributed by atoms with Crippen LogP contribution in [0.25, 0.3) is 22.2 Å². The van der Waals surface area contributed by atoms with E-state index < -0.39 is 5.56 Å². The Morgan fingerprint density at radius 1 is 1.40 bits per heavy atom. The molecule has 0 aliphatic carbocycles. The third-order valence-electron chi connectivity index (χ3n) is 2.97. The minimum Gasteiger partial charge on any atom is -0.441 e. The number of nitrogens with two attached hydrogens (primary N) is 1. The van der Waals surface area contributed by atoms with E-state index in [1.165, 1.54) is 0 Å². The van der Waals surface area contributed by atoms with Gasteiger partial charge in [0.2, 0.25) is 0 Å². The van der Waals surface area contributed by atoms with Crippen LogP contribution >= 0.6 is 0 Å². The van der Waals surface area contributed by atoms with Gasteiger partial charge in [0.1, 0.15) is 23.0 Å². The van der Waals surface area contributed by atoms with Crippen LogP contribution in [0.2, 0.25) is 0 Å². The number of nitriles is 1. The monoisotopic (exact) mass is 266 g/mol. The van der Waals surface area contributed by atoms with E-state index in [0.29, 0.717) is 28.1 Å². The van der Waals surface area contributed by atoms with Crippen LogP contribution in [0, 0.1) is 18.3 Å². The minimum atomic E-state index is -0.501. The molecule has 0 aliphatic rings. The highest BCUT2D eigenvalue weighted by atomic mass is 16.3. The van der Waals surface area contributed by atoms with Crippen LogP contribution in [0.5, 0.6) is 0 Å². The minimum absolute atomic E-state index is 0.0266. The molecule has 6 nitrogen and oxygen atoms in total. The van der Waals surface area contributed by atoms with Crippen molar-refractivity contribution in [1.82, 2.24) is 9.97 Å². The third kappa shape index (κ3) is 1.82. The molecule has 6 heteroatoms. The molecule has 0 atom stereocenters. The zero-order valence-electron chi connectivity index (χ0n) is 10.6. The van der Waals surface area contributed by atoms with E-state index >= 15 is 0 Å². The molecule has 0 bridgehead atoms. The summed E-state index contributed by atoms with van der Waals surface area (Å²) in [6.45, 7) is 1.76. The molecule has 2 aromatic heterocycles. The van der Waals surface area contributed by atoms with Crippen molar-refractivity contribution in [3.05, 3.63) is 46.1 Å². The van der Waals surface area contributed by atoms with E-state index in [1.807, 2.05) is 6.07 Å². The smallest absolute Gasteiger partial charge is 0.268 e. The molecule has 2 heterocycles. The quantitative estimate of drug-likeness (QED) is 0.699. The van der Waals surface area contributed by atoms with Crippen molar-refractivity contribution in [3.63, 3.8) is 0 Å².